The number of carbonyl (C=O) groups excluding carboxylic acids is 1. The van der Waals surface area contributed by atoms with E-state index >= 15 is 4.39 Å². The van der Waals surface area contributed by atoms with E-state index in [-0.39, 0.29) is 23.7 Å². The van der Waals surface area contributed by atoms with Gasteiger partial charge in [0.1, 0.15) is 5.82 Å². The molecule has 6 rings (SSSR count). The van der Waals surface area contributed by atoms with Gasteiger partial charge in [0, 0.05) is 54.1 Å². The monoisotopic (exact) mass is 577 g/mol. The Balaban J connectivity index is 1.29. The first-order chi connectivity index (χ1) is 20.2. The van der Waals surface area contributed by atoms with Gasteiger partial charge < -0.3 is 13.9 Å². The van der Waals surface area contributed by atoms with Crippen molar-refractivity contribution in [3.05, 3.63) is 90.2 Å². The van der Waals surface area contributed by atoms with Gasteiger partial charge in [0.25, 0.3) is 0 Å². The highest BCUT2D eigenvalue weighted by Crippen LogP contribution is 2.32. The molecule has 1 fully saturated rings. The van der Waals surface area contributed by atoms with Crippen molar-refractivity contribution in [3.63, 3.8) is 0 Å². The second kappa shape index (κ2) is 11.0. The number of hydrogen-bond acceptors (Lipinski definition) is 4. The van der Waals surface area contributed by atoms with Gasteiger partial charge in [0.2, 0.25) is 5.89 Å². The molecule has 0 bridgehead atoms. The number of aryl methyl sites for hydroxylation is 1. The topological polar surface area (TPSA) is 67.4 Å². The van der Waals surface area contributed by atoms with Crippen LogP contribution in [0.4, 0.5) is 28.0 Å². The molecule has 11 heteroatoms. The summed E-state index contributed by atoms with van der Waals surface area (Å²) in [6.07, 6.45) is 0.0469. The van der Waals surface area contributed by atoms with Gasteiger partial charge in [-0.2, -0.15) is 13.2 Å². The molecule has 2 aromatic heterocycles. The Kier molecular flexibility index (Phi) is 7.17. The molecule has 0 unspecified atom stereocenters. The van der Waals surface area contributed by atoms with E-state index in [1.807, 2.05) is 43.6 Å². The first kappa shape index (κ1) is 27.5. The van der Waals surface area contributed by atoms with Gasteiger partial charge in [-0.15, -0.1) is 10.2 Å². The van der Waals surface area contributed by atoms with Crippen molar-refractivity contribution in [2.75, 3.05) is 18.0 Å². The van der Waals surface area contributed by atoms with Crippen LogP contribution in [0.2, 0.25) is 0 Å². The van der Waals surface area contributed by atoms with Crippen molar-refractivity contribution >= 4 is 22.6 Å². The van der Waals surface area contributed by atoms with Crippen LogP contribution < -0.4 is 4.90 Å². The standard InChI is InChI=1S/C31H27F4N5O2/c1-38-16-13-22-17-21(9-12-27(22)38)20-7-10-25(11-8-20)40(30(41)39-14-3-2-4-15-39)19-24-6-5-23(18-26(24)32)28-36-37-29(42-28)31(33,34)35/h5-13,16-18H,2-4,14-15,19H2,1H3. The van der Waals surface area contributed by atoms with Crippen molar-refractivity contribution in [2.45, 2.75) is 32.0 Å². The second-order valence-corrected chi connectivity index (χ2v) is 10.4. The maximum atomic E-state index is 15.3. The van der Waals surface area contributed by atoms with E-state index in [9.17, 15) is 18.0 Å². The molecule has 2 amide bonds. The van der Waals surface area contributed by atoms with Crippen LogP contribution in [0.1, 0.15) is 30.7 Å². The van der Waals surface area contributed by atoms with Crippen molar-refractivity contribution in [3.8, 4) is 22.6 Å². The summed E-state index contributed by atoms with van der Waals surface area (Å²) in [5.41, 5.74) is 3.94. The lowest BCUT2D eigenvalue weighted by molar-refractivity contribution is -0.156. The Morgan fingerprint density at radius 1 is 0.905 bits per heavy atom. The molecule has 42 heavy (non-hydrogen) atoms. The summed E-state index contributed by atoms with van der Waals surface area (Å²) in [7, 11) is 2.00. The van der Waals surface area contributed by atoms with E-state index in [1.165, 1.54) is 17.0 Å². The molecule has 0 saturated carbocycles. The highest BCUT2D eigenvalue weighted by Gasteiger charge is 2.38. The number of benzene rings is 3. The fourth-order valence-corrected chi connectivity index (χ4v) is 5.25. The number of rotatable bonds is 5. The number of carbonyl (C=O) groups is 1. The van der Waals surface area contributed by atoms with Crippen LogP contribution in [0.3, 0.4) is 0 Å². The summed E-state index contributed by atoms with van der Waals surface area (Å²) in [5.74, 6) is -2.66. The highest BCUT2D eigenvalue weighted by molar-refractivity contribution is 5.92. The molecular weight excluding hydrogens is 550 g/mol. The van der Waals surface area contributed by atoms with Crippen LogP contribution in [-0.4, -0.2) is 38.8 Å². The van der Waals surface area contributed by atoms with Gasteiger partial charge in [-0.1, -0.05) is 24.3 Å². The van der Waals surface area contributed by atoms with Gasteiger partial charge in [-0.05, 0) is 72.9 Å². The van der Waals surface area contributed by atoms with Crippen LogP contribution >= 0.6 is 0 Å². The number of halogens is 4. The van der Waals surface area contributed by atoms with E-state index < -0.39 is 23.8 Å². The minimum atomic E-state index is -4.80. The molecule has 0 spiro atoms. The smallest absolute Gasteiger partial charge is 0.413 e. The number of alkyl halides is 3. The van der Waals surface area contributed by atoms with Gasteiger partial charge >= 0.3 is 18.1 Å². The summed E-state index contributed by atoms with van der Waals surface area (Å²) in [6.45, 7) is 1.16. The van der Waals surface area contributed by atoms with Crippen molar-refractivity contribution in [1.82, 2.24) is 19.7 Å². The maximum absolute atomic E-state index is 15.3. The molecule has 216 valence electrons. The number of likely N-dealkylation sites (tertiary alicyclic amines) is 1. The Morgan fingerprint density at radius 2 is 1.62 bits per heavy atom. The number of aromatic nitrogens is 3. The fraction of sp³-hybridized carbons (Fsp3) is 0.258. The number of anilines is 1. The quantitative estimate of drug-likeness (QED) is 0.201. The number of urea groups is 1. The average Bonchev–Trinajstić information content (AvgIpc) is 3.64. The van der Waals surface area contributed by atoms with Crippen molar-refractivity contribution in [2.24, 2.45) is 7.05 Å². The molecule has 0 atom stereocenters. The van der Waals surface area contributed by atoms with Crippen LogP contribution in [-0.2, 0) is 19.8 Å². The number of piperidine rings is 1. The number of nitrogens with zero attached hydrogens (tertiary/aromatic N) is 5. The molecule has 1 aliphatic heterocycles. The minimum absolute atomic E-state index is 0.00731. The minimum Gasteiger partial charge on any atom is -0.413 e. The maximum Gasteiger partial charge on any atom is 0.470 e. The Hall–Kier alpha value is -4.67. The third-order valence-corrected chi connectivity index (χ3v) is 7.55. The fourth-order valence-electron chi connectivity index (χ4n) is 5.25. The molecule has 3 heterocycles. The van der Waals surface area contributed by atoms with Crippen LogP contribution in [0.5, 0.6) is 0 Å². The third kappa shape index (κ3) is 5.46. The van der Waals surface area contributed by atoms with Gasteiger partial charge in [0.05, 0.1) is 6.54 Å². The molecule has 5 aromatic rings. The van der Waals surface area contributed by atoms with Crippen LogP contribution in [0.25, 0.3) is 33.5 Å². The number of hydrogen-bond donors (Lipinski definition) is 0. The first-order valence-electron chi connectivity index (χ1n) is 13.6. The normalized spacial score (nSPS) is 14.0. The Morgan fingerprint density at radius 3 is 2.31 bits per heavy atom. The van der Waals surface area contributed by atoms with Crippen LogP contribution in [0, 0.1) is 5.82 Å². The number of amides is 2. The Labute approximate surface area is 239 Å². The largest absolute Gasteiger partial charge is 0.470 e. The van der Waals surface area contributed by atoms with Crippen LogP contribution in [0.15, 0.2) is 77.3 Å². The molecule has 3 aromatic carbocycles. The molecule has 0 aliphatic carbocycles. The average molecular weight is 578 g/mol. The summed E-state index contributed by atoms with van der Waals surface area (Å²) in [4.78, 5) is 17.0. The highest BCUT2D eigenvalue weighted by atomic mass is 19.4. The lowest BCUT2D eigenvalue weighted by Gasteiger charge is -2.33. The van der Waals surface area contributed by atoms with Crippen molar-refractivity contribution in [1.29, 1.82) is 0 Å². The van der Waals surface area contributed by atoms with E-state index in [4.69, 9.17) is 0 Å². The third-order valence-electron chi connectivity index (χ3n) is 7.55. The summed E-state index contributed by atoms with van der Waals surface area (Å²) < 4.78 is 60.6. The zero-order chi connectivity index (χ0) is 29.4. The molecule has 1 aliphatic rings. The molecule has 7 nitrogen and oxygen atoms in total. The van der Waals surface area contributed by atoms with E-state index in [0.717, 1.165) is 47.4 Å². The number of fused-ring (bicyclic) bond motifs is 1. The summed E-state index contributed by atoms with van der Waals surface area (Å²) >= 11 is 0. The lowest BCUT2D eigenvalue weighted by Crippen LogP contribution is -2.45. The Bertz CT molecular complexity index is 1740. The van der Waals surface area contributed by atoms with Crippen molar-refractivity contribution < 1.29 is 26.8 Å². The lowest BCUT2D eigenvalue weighted by atomic mass is 10.0. The van der Waals surface area contributed by atoms with E-state index in [0.29, 0.717) is 18.8 Å². The van der Waals surface area contributed by atoms with E-state index in [2.05, 4.69) is 37.4 Å². The zero-order valence-electron chi connectivity index (χ0n) is 22.7. The first-order valence-corrected chi connectivity index (χ1v) is 13.6. The molecular formula is C31H27F4N5O2. The van der Waals surface area contributed by atoms with Gasteiger partial charge in [-0.3, -0.25) is 4.90 Å². The van der Waals surface area contributed by atoms with E-state index in [1.54, 1.807) is 4.90 Å². The van der Waals surface area contributed by atoms with Gasteiger partial charge in [0.15, 0.2) is 0 Å². The zero-order valence-corrected chi connectivity index (χ0v) is 22.7. The predicted octanol–water partition coefficient (Wildman–Crippen LogP) is 7.67. The molecule has 0 radical (unpaired) electrons. The summed E-state index contributed by atoms with van der Waals surface area (Å²) in [6, 6.07) is 19.5. The van der Waals surface area contributed by atoms with Gasteiger partial charge in [-0.25, -0.2) is 9.18 Å². The SMILES string of the molecule is Cn1ccc2cc(-c3ccc(N(Cc4ccc(-c5nnc(C(F)(F)F)o5)cc4F)C(=O)N4CCCCC4)cc3)ccc21. The molecule has 0 N–H and O–H groups in total. The summed E-state index contributed by atoms with van der Waals surface area (Å²) in [5, 5.41) is 7.52. The second-order valence-electron chi connectivity index (χ2n) is 10.4. The molecule has 1 saturated heterocycles. The predicted molar refractivity (Wildman–Crippen MR) is 150 cm³/mol.